The van der Waals surface area contributed by atoms with Crippen molar-refractivity contribution >= 4 is 78.0 Å². The lowest BCUT2D eigenvalue weighted by atomic mass is 9.33. The first-order valence-electron chi connectivity index (χ1n) is 18.2. The molecule has 0 N–H and O–H groups in total. The molecule has 1 aromatic heterocycles. The third-order valence-electron chi connectivity index (χ3n) is 11.0. The number of hydrogen-bond donors (Lipinski definition) is 0. The molecule has 0 fully saturated rings. The van der Waals surface area contributed by atoms with E-state index in [1.54, 1.807) is 0 Å². The molecule has 4 nitrogen and oxygen atoms in total. The Morgan fingerprint density at radius 3 is 2.06 bits per heavy atom. The molecule has 0 saturated carbocycles. The molecule has 0 amide bonds. The molecular formula is C45H45BN2O2S. The Morgan fingerprint density at radius 1 is 0.667 bits per heavy atom. The minimum Gasteiger partial charge on any atom is -0.486 e. The van der Waals surface area contributed by atoms with Crippen LogP contribution in [-0.4, -0.2) is 19.9 Å². The van der Waals surface area contributed by atoms with E-state index in [0.717, 1.165) is 17.1 Å². The standard InChI is InChI=1S/C45H45BN2O2S/c1-26-22-35-40-36(23-26)48(41-27(2)24-37-42(28(41)3)50-21-20-49-37)43-39(32-12-10-11-13-38(32)51-43)46(40)33-25-30(45(7,8)9)16-19-34(33)47(35)31-17-14-29(15-18-31)44(4,5)6/h10-19,22-25H,20-21H2,1-9H3. The summed E-state index contributed by atoms with van der Waals surface area (Å²) < 4.78 is 13.7. The van der Waals surface area contributed by atoms with Crippen LogP contribution in [0, 0.1) is 20.8 Å². The van der Waals surface area contributed by atoms with Gasteiger partial charge in [0, 0.05) is 33.0 Å². The highest BCUT2D eigenvalue weighted by Crippen LogP contribution is 2.52. The molecule has 0 radical (unpaired) electrons. The molecule has 0 spiro atoms. The fraction of sp³-hybridized carbons (Fsp3) is 0.289. The fourth-order valence-corrected chi connectivity index (χ4v) is 9.79. The summed E-state index contributed by atoms with van der Waals surface area (Å²) in [5.41, 5.74) is 16.5. The molecule has 0 atom stereocenters. The van der Waals surface area contributed by atoms with E-state index in [1.165, 1.54) is 82.2 Å². The first-order valence-corrected chi connectivity index (χ1v) is 19.0. The van der Waals surface area contributed by atoms with Crippen molar-refractivity contribution in [2.24, 2.45) is 0 Å². The summed E-state index contributed by atoms with van der Waals surface area (Å²) in [7, 11) is 0. The van der Waals surface area contributed by atoms with Crippen molar-refractivity contribution in [3.63, 3.8) is 0 Å². The lowest BCUT2D eigenvalue weighted by Crippen LogP contribution is -2.61. The molecule has 6 heteroatoms. The van der Waals surface area contributed by atoms with E-state index in [2.05, 4.69) is 157 Å². The normalized spacial score (nSPS) is 14.8. The Balaban J connectivity index is 1.40. The van der Waals surface area contributed by atoms with Crippen molar-refractivity contribution in [2.75, 3.05) is 23.0 Å². The predicted octanol–water partition coefficient (Wildman–Crippen LogP) is 10.3. The summed E-state index contributed by atoms with van der Waals surface area (Å²) >= 11 is 1.90. The van der Waals surface area contributed by atoms with Crippen LogP contribution >= 0.6 is 11.3 Å². The predicted molar refractivity (Wildman–Crippen MR) is 218 cm³/mol. The number of benzene rings is 5. The number of fused-ring (bicyclic) bond motifs is 7. The van der Waals surface area contributed by atoms with Gasteiger partial charge in [-0.2, -0.15) is 0 Å². The van der Waals surface area contributed by atoms with E-state index in [1.807, 2.05) is 11.3 Å². The summed E-state index contributed by atoms with van der Waals surface area (Å²) in [5.74, 6) is 1.69. The molecule has 256 valence electrons. The summed E-state index contributed by atoms with van der Waals surface area (Å²) in [6.45, 7) is 21.7. The van der Waals surface area contributed by atoms with Crippen LogP contribution in [0.1, 0.15) is 69.4 Å². The van der Waals surface area contributed by atoms with E-state index >= 15 is 0 Å². The second-order valence-electron chi connectivity index (χ2n) is 16.6. The van der Waals surface area contributed by atoms with E-state index in [4.69, 9.17) is 9.47 Å². The van der Waals surface area contributed by atoms with Crippen LogP contribution in [0.3, 0.4) is 0 Å². The van der Waals surface area contributed by atoms with Gasteiger partial charge in [-0.3, -0.25) is 0 Å². The highest BCUT2D eigenvalue weighted by Gasteiger charge is 2.46. The lowest BCUT2D eigenvalue weighted by Gasteiger charge is -2.44. The number of anilines is 6. The molecule has 51 heavy (non-hydrogen) atoms. The first kappa shape index (κ1) is 32.2. The van der Waals surface area contributed by atoms with Gasteiger partial charge >= 0.3 is 0 Å². The Bertz CT molecular complexity index is 2400. The molecule has 0 unspecified atom stereocenters. The van der Waals surface area contributed by atoms with Gasteiger partial charge in [0.25, 0.3) is 6.71 Å². The molecule has 0 bridgehead atoms. The number of aryl methyl sites for hydroxylation is 2. The number of hydrogen-bond acceptors (Lipinski definition) is 5. The molecule has 3 aliphatic rings. The zero-order chi connectivity index (χ0) is 35.6. The molecule has 3 aliphatic heterocycles. The molecule has 5 aromatic carbocycles. The van der Waals surface area contributed by atoms with Crippen LogP contribution in [0.5, 0.6) is 11.5 Å². The van der Waals surface area contributed by atoms with Crippen molar-refractivity contribution in [3.8, 4) is 11.5 Å². The average Bonchev–Trinajstić information content (AvgIpc) is 3.47. The fourth-order valence-electron chi connectivity index (χ4n) is 8.53. The molecule has 0 aliphatic carbocycles. The Morgan fingerprint density at radius 2 is 1.33 bits per heavy atom. The van der Waals surface area contributed by atoms with E-state index in [9.17, 15) is 0 Å². The molecule has 9 rings (SSSR count). The minimum absolute atomic E-state index is 0.00424. The van der Waals surface area contributed by atoms with Gasteiger partial charge < -0.3 is 19.3 Å². The highest BCUT2D eigenvalue weighted by atomic mass is 32.1. The van der Waals surface area contributed by atoms with E-state index in [0.29, 0.717) is 13.2 Å². The summed E-state index contributed by atoms with van der Waals surface area (Å²) in [6, 6.07) is 32.5. The monoisotopic (exact) mass is 688 g/mol. The Hall–Kier alpha value is -4.68. The van der Waals surface area contributed by atoms with Gasteiger partial charge in [0.15, 0.2) is 11.5 Å². The van der Waals surface area contributed by atoms with Gasteiger partial charge in [0.1, 0.15) is 13.2 Å². The second-order valence-corrected chi connectivity index (χ2v) is 17.7. The van der Waals surface area contributed by atoms with E-state index in [-0.39, 0.29) is 17.5 Å². The SMILES string of the molecule is Cc1cc2c3c(c1)N(c1c(C)cc4c(c1C)OCCO4)c1sc4ccccc4c1B3c1cc(C(C)(C)C)ccc1N2c1ccc(C(C)(C)C)cc1. The highest BCUT2D eigenvalue weighted by molar-refractivity contribution is 7.26. The molecule has 6 aromatic rings. The number of rotatable bonds is 2. The van der Waals surface area contributed by atoms with Crippen LogP contribution < -0.4 is 35.7 Å². The Kier molecular flexibility index (Phi) is 7.06. The third-order valence-corrected chi connectivity index (χ3v) is 12.2. The van der Waals surface area contributed by atoms with Crippen LogP contribution in [0.25, 0.3) is 10.1 Å². The molecular weight excluding hydrogens is 643 g/mol. The smallest absolute Gasteiger partial charge is 0.254 e. The van der Waals surface area contributed by atoms with Crippen molar-refractivity contribution in [2.45, 2.75) is 73.1 Å². The quantitative estimate of drug-likeness (QED) is 0.169. The maximum absolute atomic E-state index is 6.32. The van der Waals surface area contributed by atoms with Crippen molar-refractivity contribution in [1.29, 1.82) is 0 Å². The topological polar surface area (TPSA) is 24.9 Å². The van der Waals surface area contributed by atoms with Gasteiger partial charge in [0.05, 0.1) is 10.7 Å². The Labute approximate surface area is 306 Å². The summed E-state index contributed by atoms with van der Waals surface area (Å²) in [4.78, 5) is 5.09. The first-order chi connectivity index (χ1) is 24.3. The number of ether oxygens (including phenoxy) is 2. The summed E-state index contributed by atoms with van der Waals surface area (Å²) in [5, 5.41) is 2.61. The van der Waals surface area contributed by atoms with Crippen molar-refractivity contribution < 1.29 is 9.47 Å². The number of nitrogens with zero attached hydrogens (tertiary/aromatic N) is 2. The van der Waals surface area contributed by atoms with Crippen LogP contribution in [0.4, 0.5) is 33.4 Å². The van der Waals surface area contributed by atoms with Gasteiger partial charge in [-0.1, -0.05) is 84.0 Å². The van der Waals surface area contributed by atoms with Gasteiger partial charge in [-0.25, -0.2) is 0 Å². The summed E-state index contributed by atoms with van der Waals surface area (Å²) in [6.07, 6.45) is 0. The lowest BCUT2D eigenvalue weighted by molar-refractivity contribution is 0.170. The maximum Gasteiger partial charge on any atom is 0.254 e. The van der Waals surface area contributed by atoms with Crippen LogP contribution in [0.2, 0.25) is 0 Å². The average molecular weight is 689 g/mol. The van der Waals surface area contributed by atoms with Gasteiger partial charge in [-0.15, -0.1) is 11.3 Å². The second kappa shape index (κ2) is 11.2. The number of thiophene rings is 1. The van der Waals surface area contributed by atoms with Gasteiger partial charge in [-0.05, 0) is 118 Å². The zero-order valence-corrected chi connectivity index (χ0v) is 32.0. The molecule has 0 saturated heterocycles. The van der Waals surface area contributed by atoms with Crippen molar-refractivity contribution in [1.82, 2.24) is 0 Å². The minimum atomic E-state index is 0.00424. The molecule has 4 heterocycles. The maximum atomic E-state index is 6.32. The van der Waals surface area contributed by atoms with Crippen LogP contribution in [0.15, 0.2) is 84.9 Å². The zero-order valence-electron chi connectivity index (χ0n) is 31.2. The van der Waals surface area contributed by atoms with Crippen LogP contribution in [-0.2, 0) is 10.8 Å². The van der Waals surface area contributed by atoms with Crippen molar-refractivity contribution in [3.05, 3.63) is 113 Å². The van der Waals surface area contributed by atoms with Gasteiger partial charge in [0.2, 0.25) is 0 Å². The van der Waals surface area contributed by atoms with E-state index < -0.39 is 0 Å². The largest absolute Gasteiger partial charge is 0.486 e. The third kappa shape index (κ3) is 4.86.